The van der Waals surface area contributed by atoms with E-state index in [0.717, 1.165) is 6.42 Å². The molecule has 1 atom stereocenters. The lowest BCUT2D eigenvalue weighted by atomic mass is 9.89. The van der Waals surface area contributed by atoms with Gasteiger partial charge < -0.3 is 15.2 Å². The molecule has 0 aromatic heterocycles. The van der Waals surface area contributed by atoms with E-state index in [-0.39, 0.29) is 13.0 Å². The van der Waals surface area contributed by atoms with Crippen LogP contribution in [0.5, 0.6) is 0 Å². The van der Waals surface area contributed by atoms with E-state index in [1.807, 2.05) is 0 Å². The van der Waals surface area contributed by atoms with E-state index in [0.29, 0.717) is 19.4 Å². The molecule has 13 heavy (non-hydrogen) atoms. The molecule has 1 saturated heterocycles. The maximum atomic E-state index is 10.5. The lowest BCUT2D eigenvalue weighted by Crippen LogP contribution is -2.52. The summed E-state index contributed by atoms with van der Waals surface area (Å²) in [5, 5.41) is 11.2. The first kappa shape index (κ1) is 9.98. The zero-order valence-corrected chi connectivity index (χ0v) is 7.28. The van der Waals surface area contributed by atoms with E-state index >= 15 is 0 Å². The summed E-state index contributed by atoms with van der Waals surface area (Å²) in [5.74, 6) is -0.917. The Bertz CT molecular complexity index is 198. The number of nitrogens with one attached hydrogen (secondary N) is 1. The van der Waals surface area contributed by atoms with Crippen molar-refractivity contribution in [3.05, 3.63) is 0 Å². The fourth-order valence-corrected chi connectivity index (χ4v) is 1.57. The van der Waals surface area contributed by atoms with Crippen molar-refractivity contribution in [1.29, 1.82) is 0 Å². The van der Waals surface area contributed by atoms with Crippen LogP contribution in [0.2, 0.25) is 0 Å². The van der Waals surface area contributed by atoms with Gasteiger partial charge in [0.25, 0.3) is 0 Å². The second-order valence-corrected chi connectivity index (χ2v) is 3.27. The van der Waals surface area contributed by atoms with Gasteiger partial charge in [-0.05, 0) is 12.8 Å². The summed E-state index contributed by atoms with van der Waals surface area (Å²) >= 11 is 0. The second-order valence-electron chi connectivity index (χ2n) is 3.27. The van der Waals surface area contributed by atoms with Gasteiger partial charge in [-0.1, -0.05) is 0 Å². The summed E-state index contributed by atoms with van der Waals surface area (Å²) in [6.45, 7) is 0.931. The van der Waals surface area contributed by atoms with Gasteiger partial charge in [0, 0.05) is 6.61 Å². The Labute approximate surface area is 76.1 Å². The van der Waals surface area contributed by atoms with Crippen LogP contribution in [-0.4, -0.2) is 36.2 Å². The van der Waals surface area contributed by atoms with Crippen molar-refractivity contribution < 1.29 is 19.4 Å². The molecule has 1 heterocycles. The summed E-state index contributed by atoms with van der Waals surface area (Å²) in [7, 11) is 0. The van der Waals surface area contributed by atoms with Crippen molar-refractivity contribution in [2.75, 3.05) is 13.2 Å². The van der Waals surface area contributed by atoms with Crippen LogP contribution in [0.1, 0.15) is 19.3 Å². The number of hydrogen-bond donors (Lipinski definition) is 2. The van der Waals surface area contributed by atoms with Crippen molar-refractivity contribution in [1.82, 2.24) is 5.32 Å². The summed E-state index contributed by atoms with van der Waals surface area (Å²) in [6.07, 6.45) is 1.91. The van der Waals surface area contributed by atoms with E-state index in [1.54, 1.807) is 0 Å². The Morgan fingerprint density at radius 3 is 2.92 bits per heavy atom. The van der Waals surface area contributed by atoms with E-state index in [1.165, 1.54) is 0 Å². The normalized spacial score (nSPS) is 28.0. The average molecular weight is 187 g/mol. The molecule has 5 heteroatoms. The number of ether oxygens (including phenoxy) is 1. The maximum absolute atomic E-state index is 10.5. The number of hydrogen-bond acceptors (Lipinski definition) is 3. The molecule has 0 aromatic rings. The number of carbonyl (C=O) groups is 2. The third kappa shape index (κ3) is 2.69. The minimum atomic E-state index is -0.917. The molecule has 74 valence electrons. The Morgan fingerprint density at radius 1 is 1.69 bits per heavy atom. The SMILES string of the molecule is O=CNC1(CC(=O)O)CCCOC1. The smallest absolute Gasteiger partial charge is 0.305 e. The topological polar surface area (TPSA) is 75.6 Å². The van der Waals surface area contributed by atoms with Crippen LogP contribution in [0.25, 0.3) is 0 Å². The summed E-state index contributed by atoms with van der Waals surface area (Å²) in [5.41, 5.74) is -0.689. The van der Waals surface area contributed by atoms with Crippen LogP contribution in [0, 0.1) is 0 Å². The van der Waals surface area contributed by atoms with Crippen LogP contribution >= 0.6 is 0 Å². The molecule has 0 saturated carbocycles. The molecule has 0 spiro atoms. The van der Waals surface area contributed by atoms with Crippen LogP contribution in [0.15, 0.2) is 0 Å². The monoisotopic (exact) mass is 187 g/mol. The summed E-state index contributed by atoms with van der Waals surface area (Å²) < 4.78 is 5.15. The highest BCUT2D eigenvalue weighted by atomic mass is 16.5. The first-order valence-electron chi connectivity index (χ1n) is 4.19. The van der Waals surface area contributed by atoms with E-state index in [4.69, 9.17) is 9.84 Å². The zero-order valence-electron chi connectivity index (χ0n) is 7.28. The molecule has 0 aromatic carbocycles. The highest BCUT2D eigenvalue weighted by Gasteiger charge is 2.34. The number of amides is 1. The third-order valence-electron chi connectivity index (χ3n) is 2.18. The number of rotatable bonds is 4. The Hall–Kier alpha value is -1.10. The van der Waals surface area contributed by atoms with Gasteiger partial charge in [-0.3, -0.25) is 9.59 Å². The van der Waals surface area contributed by atoms with Crippen molar-refractivity contribution in [3.63, 3.8) is 0 Å². The molecule has 5 nitrogen and oxygen atoms in total. The van der Waals surface area contributed by atoms with Gasteiger partial charge in [0.05, 0.1) is 18.6 Å². The highest BCUT2D eigenvalue weighted by Crippen LogP contribution is 2.22. The van der Waals surface area contributed by atoms with E-state index in [2.05, 4.69) is 5.32 Å². The molecule has 1 rings (SSSR count). The molecule has 2 N–H and O–H groups in total. The summed E-state index contributed by atoms with van der Waals surface area (Å²) in [4.78, 5) is 20.8. The van der Waals surface area contributed by atoms with Gasteiger partial charge in [-0.2, -0.15) is 0 Å². The molecule has 0 bridgehead atoms. The van der Waals surface area contributed by atoms with Crippen molar-refractivity contribution >= 4 is 12.4 Å². The summed E-state index contributed by atoms with van der Waals surface area (Å²) in [6, 6.07) is 0. The lowest BCUT2D eigenvalue weighted by Gasteiger charge is -2.35. The lowest BCUT2D eigenvalue weighted by molar-refractivity contribution is -0.140. The quantitative estimate of drug-likeness (QED) is 0.595. The molecule has 1 aliphatic heterocycles. The zero-order chi connectivity index (χ0) is 9.73. The minimum Gasteiger partial charge on any atom is -0.481 e. The standard InChI is InChI=1S/C8H13NO4/c10-6-9-8(4-7(11)12)2-1-3-13-5-8/h6H,1-5H2,(H,9,10)(H,11,12). The molecular weight excluding hydrogens is 174 g/mol. The van der Waals surface area contributed by atoms with Crippen molar-refractivity contribution in [3.8, 4) is 0 Å². The molecule has 1 unspecified atom stereocenters. The van der Waals surface area contributed by atoms with Gasteiger partial charge in [-0.15, -0.1) is 0 Å². The van der Waals surface area contributed by atoms with Crippen LogP contribution < -0.4 is 5.32 Å². The van der Waals surface area contributed by atoms with Gasteiger partial charge in [-0.25, -0.2) is 0 Å². The Kier molecular flexibility index (Phi) is 3.25. The van der Waals surface area contributed by atoms with Gasteiger partial charge in [0.1, 0.15) is 0 Å². The van der Waals surface area contributed by atoms with Gasteiger partial charge in [0.15, 0.2) is 0 Å². The maximum Gasteiger partial charge on any atom is 0.305 e. The molecular formula is C8H13NO4. The van der Waals surface area contributed by atoms with Crippen molar-refractivity contribution in [2.45, 2.75) is 24.8 Å². The highest BCUT2D eigenvalue weighted by molar-refractivity contribution is 5.69. The predicted octanol–water partition coefficient (Wildman–Crippen LogP) is -0.244. The average Bonchev–Trinajstić information content (AvgIpc) is 2.04. The van der Waals surface area contributed by atoms with E-state index in [9.17, 15) is 9.59 Å². The fourth-order valence-electron chi connectivity index (χ4n) is 1.57. The van der Waals surface area contributed by atoms with E-state index < -0.39 is 11.5 Å². The number of carboxylic acid groups (broad SMARTS) is 1. The first-order chi connectivity index (χ1) is 6.18. The number of carbonyl (C=O) groups excluding carboxylic acids is 1. The Balaban J connectivity index is 2.60. The third-order valence-corrected chi connectivity index (χ3v) is 2.18. The molecule has 0 radical (unpaired) electrons. The van der Waals surface area contributed by atoms with Crippen LogP contribution in [-0.2, 0) is 14.3 Å². The fraction of sp³-hybridized carbons (Fsp3) is 0.750. The van der Waals surface area contributed by atoms with Crippen LogP contribution in [0.3, 0.4) is 0 Å². The van der Waals surface area contributed by atoms with Gasteiger partial charge >= 0.3 is 5.97 Å². The molecule has 1 aliphatic rings. The molecule has 1 fully saturated rings. The Morgan fingerprint density at radius 2 is 2.46 bits per heavy atom. The first-order valence-corrected chi connectivity index (χ1v) is 4.19. The molecule has 0 aliphatic carbocycles. The second kappa shape index (κ2) is 4.23. The largest absolute Gasteiger partial charge is 0.481 e. The van der Waals surface area contributed by atoms with Gasteiger partial charge in [0.2, 0.25) is 6.41 Å². The number of carboxylic acids is 1. The van der Waals surface area contributed by atoms with Crippen LogP contribution in [0.4, 0.5) is 0 Å². The molecule has 1 amide bonds. The minimum absolute atomic E-state index is 0.0776. The number of aliphatic carboxylic acids is 1. The van der Waals surface area contributed by atoms with Crippen molar-refractivity contribution in [2.24, 2.45) is 0 Å². The predicted molar refractivity (Wildman–Crippen MR) is 44.2 cm³/mol.